The molecule has 0 aliphatic carbocycles. The molecule has 1 atom stereocenters. The van der Waals surface area contributed by atoms with E-state index in [4.69, 9.17) is 9.15 Å². The summed E-state index contributed by atoms with van der Waals surface area (Å²) >= 11 is 3.60. The highest BCUT2D eigenvalue weighted by Gasteiger charge is 2.34. The number of amides is 3. The van der Waals surface area contributed by atoms with Gasteiger partial charge in [0.15, 0.2) is 5.76 Å². The van der Waals surface area contributed by atoms with E-state index in [1.807, 2.05) is 0 Å². The second kappa shape index (κ2) is 9.71. The Morgan fingerprint density at radius 3 is 2.59 bits per heavy atom. The second-order valence-electron chi connectivity index (χ2n) is 7.97. The van der Waals surface area contributed by atoms with Crippen LogP contribution in [0, 0.1) is 15.9 Å². The van der Waals surface area contributed by atoms with Crippen molar-refractivity contribution in [1.29, 1.82) is 0 Å². The molecular formula is C21H21FN4O7S. The molecule has 2 fully saturated rings. The fourth-order valence-electron chi connectivity index (χ4n) is 4.15. The number of rotatable bonds is 6. The summed E-state index contributed by atoms with van der Waals surface area (Å²) in [7, 11) is 0. The number of carbonyl (C=O) groups excluding carboxylic acids is 3. The predicted octanol–water partition coefficient (Wildman–Crippen LogP) is 3.31. The van der Waals surface area contributed by atoms with Crippen molar-refractivity contribution in [3.05, 3.63) is 57.6 Å². The molecule has 3 amide bonds. The van der Waals surface area contributed by atoms with E-state index in [1.165, 1.54) is 21.9 Å². The topological polar surface area (TPSA) is 135 Å². The summed E-state index contributed by atoms with van der Waals surface area (Å²) in [5.41, 5.74) is 0.828. The van der Waals surface area contributed by atoms with Gasteiger partial charge in [0.05, 0.1) is 24.8 Å². The number of ether oxygens (including phenoxy) is 1. The Balaban J connectivity index is 1.36. The maximum Gasteiger partial charge on any atom is 0.433 e. The van der Waals surface area contributed by atoms with Crippen molar-refractivity contribution in [2.45, 2.75) is 24.9 Å². The quantitative estimate of drug-likeness (QED) is 0.359. The number of carbonyl (C=O) groups is 3. The fraction of sp³-hybridized carbons (Fsp3) is 0.381. The highest BCUT2D eigenvalue weighted by Crippen LogP contribution is 2.33. The van der Waals surface area contributed by atoms with E-state index in [0.29, 0.717) is 37.2 Å². The fourth-order valence-corrected chi connectivity index (χ4v) is 4.24. The minimum absolute atomic E-state index is 0.105. The number of furan rings is 1. The van der Waals surface area contributed by atoms with E-state index in [1.54, 1.807) is 12.1 Å². The van der Waals surface area contributed by atoms with Crippen LogP contribution in [0.3, 0.4) is 0 Å². The van der Waals surface area contributed by atoms with Gasteiger partial charge in [-0.15, -0.1) is 0 Å². The van der Waals surface area contributed by atoms with Gasteiger partial charge in [-0.05, 0) is 42.5 Å². The van der Waals surface area contributed by atoms with Gasteiger partial charge in [-0.1, -0.05) is 18.7 Å². The molecule has 2 aliphatic rings. The lowest BCUT2D eigenvalue weighted by molar-refractivity contribution is -0.402. The summed E-state index contributed by atoms with van der Waals surface area (Å²) in [5.74, 6) is -1.65. The Kier molecular flexibility index (Phi) is 6.72. The lowest BCUT2D eigenvalue weighted by Gasteiger charge is -2.32. The van der Waals surface area contributed by atoms with Crippen molar-refractivity contribution in [2.75, 3.05) is 31.1 Å². The van der Waals surface area contributed by atoms with Gasteiger partial charge in [-0.2, -0.15) is 0 Å². The van der Waals surface area contributed by atoms with Crippen molar-refractivity contribution in [3.63, 3.8) is 0 Å². The number of hydrogen-bond donors (Lipinski definition) is 2. The van der Waals surface area contributed by atoms with Crippen LogP contribution in [0.15, 0.2) is 34.7 Å². The molecule has 2 saturated heterocycles. The number of nitrogens with zero attached hydrogens (tertiary/aromatic N) is 3. The van der Waals surface area contributed by atoms with Crippen LogP contribution in [0.4, 0.5) is 25.6 Å². The van der Waals surface area contributed by atoms with Crippen LogP contribution in [-0.4, -0.2) is 59.3 Å². The number of thiol groups is 1. The Morgan fingerprint density at radius 2 is 1.97 bits per heavy atom. The summed E-state index contributed by atoms with van der Waals surface area (Å²) in [6, 6.07) is 6.93. The summed E-state index contributed by atoms with van der Waals surface area (Å²) in [6.07, 6.45) is -0.191. The molecule has 1 aromatic carbocycles. The van der Waals surface area contributed by atoms with E-state index in [-0.39, 0.29) is 24.8 Å². The Labute approximate surface area is 198 Å². The molecule has 180 valence electrons. The summed E-state index contributed by atoms with van der Waals surface area (Å²) < 4.78 is 25.1. The molecule has 0 bridgehead atoms. The minimum Gasteiger partial charge on any atom is -0.442 e. The average Bonchev–Trinajstić information content (AvgIpc) is 3.44. The van der Waals surface area contributed by atoms with Crippen LogP contribution < -0.4 is 10.2 Å². The van der Waals surface area contributed by atoms with Gasteiger partial charge >= 0.3 is 12.0 Å². The van der Waals surface area contributed by atoms with Crippen LogP contribution in [-0.2, 0) is 4.74 Å². The van der Waals surface area contributed by atoms with Crippen LogP contribution in [0.25, 0.3) is 0 Å². The van der Waals surface area contributed by atoms with E-state index in [2.05, 4.69) is 17.9 Å². The smallest absolute Gasteiger partial charge is 0.433 e. The summed E-state index contributed by atoms with van der Waals surface area (Å²) in [6.45, 7) is 0.956. The number of benzene rings is 1. The zero-order valence-electron chi connectivity index (χ0n) is 17.8. The molecule has 4 rings (SSSR count). The number of cyclic esters (lactones) is 1. The molecule has 1 N–H and O–H groups in total. The maximum absolute atomic E-state index is 15.0. The van der Waals surface area contributed by atoms with Crippen molar-refractivity contribution in [3.8, 4) is 0 Å². The normalized spacial score (nSPS) is 18.6. The average molecular weight is 492 g/mol. The molecule has 1 unspecified atom stereocenters. The van der Waals surface area contributed by atoms with Crippen molar-refractivity contribution >= 4 is 41.4 Å². The molecule has 13 heteroatoms. The first-order valence-electron chi connectivity index (χ1n) is 10.5. The number of nitro groups is 1. The standard InChI is InChI=1S/C21H21FN4O7S/c22-16-9-13(25-11-14(32-21(25)29)10-23-20(28)34)1-2-15(16)12-5-7-24(8-6-12)19(27)17-3-4-18(33-17)26(30)31/h1-4,9,12,14H,5-8,10-11H2,(H2,23,28,34). The molecule has 11 nitrogen and oxygen atoms in total. The van der Waals surface area contributed by atoms with Crippen LogP contribution in [0.5, 0.6) is 0 Å². The number of likely N-dealkylation sites (tertiary alicyclic amines) is 1. The van der Waals surface area contributed by atoms with E-state index in [0.717, 1.165) is 6.07 Å². The van der Waals surface area contributed by atoms with Crippen molar-refractivity contribution < 1.29 is 32.9 Å². The number of piperidine rings is 1. The zero-order chi connectivity index (χ0) is 24.4. The van der Waals surface area contributed by atoms with E-state index in [9.17, 15) is 28.9 Å². The van der Waals surface area contributed by atoms with Gasteiger partial charge in [0.25, 0.3) is 11.1 Å². The predicted molar refractivity (Wildman–Crippen MR) is 120 cm³/mol. The molecular weight excluding hydrogens is 471 g/mol. The first-order valence-corrected chi connectivity index (χ1v) is 11.0. The molecule has 0 radical (unpaired) electrons. The van der Waals surface area contributed by atoms with E-state index < -0.39 is 40.0 Å². The first-order chi connectivity index (χ1) is 16.2. The van der Waals surface area contributed by atoms with Crippen molar-refractivity contribution in [1.82, 2.24) is 10.2 Å². The van der Waals surface area contributed by atoms with Crippen molar-refractivity contribution in [2.24, 2.45) is 0 Å². The second-order valence-corrected chi connectivity index (χ2v) is 8.38. The monoisotopic (exact) mass is 492 g/mol. The van der Waals surface area contributed by atoms with Crippen LogP contribution >= 0.6 is 12.6 Å². The molecule has 3 heterocycles. The third-order valence-corrected chi connectivity index (χ3v) is 6.01. The summed E-state index contributed by atoms with van der Waals surface area (Å²) in [5, 5.41) is 12.7. The first kappa shape index (κ1) is 23.5. The van der Waals surface area contributed by atoms with Gasteiger partial charge in [0, 0.05) is 13.1 Å². The molecule has 34 heavy (non-hydrogen) atoms. The third kappa shape index (κ3) is 4.98. The Bertz CT molecular complexity index is 1130. The molecule has 2 aromatic rings. The highest BCUT2D eigenvalue weighted by molar-refractivity contribution is 7.96. The largest absolute Gasteiger partial charge is 0.442 e. The summed E-state index contributed by atoms with van der Waals surface area (Å²) in [4.78, 5) is 48.5. The van der Waals surface area contributed by atoms with Gasteiger partial charge in [-0.25, -0.2) is 9.18 Å². The van der Waals surface area contributed by atoms with Crippen LogP contribution in [0.2, 0.25) is 0 Å². The Hall–Kier alpha value is -3.61. The van der Waals surface area contributed by atoms with Gasteiger partial charge in [0.1, 0.15) is 16.8 Å². The Morgan fingerprint density at radius 1 is 1.24 bits per heavy atom. The maximum atomic E-state index is 15.0. The SMILES string of the molecule is O=C(S)NCC1CN(c2ccc(C3CCN(C(=O)c4ccc([N+](=O)[O-])o4)CC3)c(F)c2)C(=O)O1. The molecule has 0 spiro atoms. The number of anilines is 1. The number of nitrogens with one attached hydrogen (secondary N) is 1. The van der Waals surface area contributed by atoms with E-state index >= 15 is 0 Å². The van der Waals surface area contributed by atoms with Gasteiger partial charge in [0.2, 0.25) is 0 Å². The molecule has 2 aliphatic heterocycles. The van der Waals surface area contributed by atoms with Crippen LogP contribution in [0.1, 0.15) is 34.9 Å². The highest BCUT2D eigenvalue weighted by atomic mass is 32.1. The number of hydrogen-bond acceptors (Lipinski definition) is 7. The minimum atomic E-state index is -0.711. The molecule has 0 saturated carbocycles. The zero-order valence-corrected chi connectivity index (χ0v) is 18.7. The molecule has 1 aromatic heterocycles. The van der Waals surface area contributed by atoms with Gasteiger partial charge < -0.3 is 19.4 Å². The third-order valence-electron chi connectivity index (χ3n) is 5.86. The number of halogens is 1. The lowest BCUT2D eigenvalue weighted by atomic mass is 9.88. The van der Waals surface area contributed by atoms with Gasteiger partial charge in [-0.3, -0.25) is 24.6 Å². The lowest BCUT2D eigenvalue weighted by Crippen LogP contribution is -2.37.